The highest BCUT2D eigenvalue weighted by Crippen LogP contribution is 1.97. The topological polar surface area (TPSA) is 12.5 Å². The van der Waals surface area contributed by atoms with Gasteiger partial charge in [0.2, 0.25) is 0 Å². The lowest BCUT2D eigenvalue weighted by Crippen LogP contribution is -2.14. The molecule has 0 radical (unpaired) electrons. The SMILES string of the molecule is COCCN(C)SC. The van der Waals surface area contributed by atoms with E-state index in [2.05, 4.69) is 10.6 Å². The van der Waals surface area contributed by atoms with Crippen LogP contribution >= 0.6 is 11.9 Å². The Morgan fingerprint density at radius 3 is 2.62 bits per heavy atom. The third-order valence-corrected chi connectivity index (χ3v) is 1.73. The highest BCUT2D eigenvalue weighted by Gasteiger charge is 1.90. The van der Waals surface area contributed by atoms with Crippen molar-refractivity contribution in [3.8, 4) is 0 Å². The quantitative estimate of drug-likeness (QED) is 0.530. The maximum absolute atomic E-state index is 4.86. The largest absolute Gasteiger partial charge is 0.383 e. The third-order valence-electron chi connectivity index (χ3n) is 0.922. The van der Waals surface area contributed by atoms with Crippen LogP contribution in [-0.4, -0.2) is 37.9 Å². The molecule has 0 atom stereocenters. The van der Waals surface area contributed by atoms with E-state index in [1.54, 1.807) is 19.1 Å². The van der Waals surface area contributed by atoms with E-state index in [0.717, 1.165) is 13.2 Å². The van der Waals surface area contributed by atoms with Crippen LogP contribution < -0.4 is 0 Å². The van der Waals surface area contributed by atoms with E-state index in [1.165, 1.54) is 0 Å². The first kappa shape index (κ1) is 8.27. The lowest BCUT2D eigenvalue weighted by Gasteiger charge is -2.10. The summed E-state index contributed by atoms with van der Waals surface area (Å²) in [5.41, 5.74) is 0. The molecule has 0 unspecified atom stereocenters. The molecule has 3 heteroatoms. The average molecular weight is 135 g/mol. The molecular formula is C5H13NOS. The number of rotatable bonds is 4. The zero-order chi connectivity index (χ0) is 6.41. The molecule has 0 spiro atoms. The number of hydrogen-bond donors (Lipinski definition) is 0. The van der Waals surface area contributed by atoms with Crippen LogP contribution in [0.4, 0.5) is 0 Å². The molecule has 50 valence electrons. The first-order valence-corrected chi connectivity index (χ1v) is 3.73. The third kappa shape index (κ3) is 4.43. The van der Waals surface area contributed by atoms with E-state index in [4.69, 9.17) is 4.74 Å². The summed E-state index contributed by atoms with van der Waals surface area (Å²) < 4.78 is 6.99. The van der Waals surface area contributed by atoms with Gasteiger partial charge in [-0.2, -0.15) is 0 Å². The zero-order valence-corrected chi connectivity index (χ0v) is 6.49. The molecule has 0 aromatic carbocycles. The molecule has 0 fully saturated rings. The minimum Gasteiger partial charge on any atom is -0.383 e. The molecule has 0 saturated carbocycles. The summed E-state index contributed by atoms with van der Waals surface area (Å²) in [5.74, 6) is 0. The fourth-order valence-electron chi connectivity index (χ4n) is 0.311. The molecule has 0 amide bonds. The fourth-order valence-corrected chi connectivity index (χ4v) is 0.568. The van der Waals surface area contributed by atoms with E-state index in [-0.39, 0.29) is 0 Å². The van der Waals surface area contributed by atoms with Crippen molar-refractivity contribution in [2.45, 2.75) is 0 Å². The van der Waals surface area contributed by atoms with E-state index in [0.29, 0.717) is 0 Å². The Morgan fingerprint density at radius 2 is 2.25 bits per heavy atom. The molecular weight excluding hydrogens is 122 g/mol. The normalized spacial score (nSPS) is 10.5. The predicted octanol–water partition coefficient (Wildman–Crippen LogP) is 0.843. The van der Waals surface area contributed by atoms with Crippen molar-refractivity contribution in [2.24, 2.45) is 0 Å². The van der Waals surface area contributed by atoms with Crippen molar-refractivity contribution in [3.05, 3.63) is 0 Å². The van der Waals surface area contributed by atoms with Crippen molar-refractivity contribution in [2.75, 3.05) is 33.6 Å². The molecule has 0 N–H and O–H groups in total. The monoisotopic (exact) mass is 135 g/mol. The van der Waals surface area contributed by atoms with Gasteiger partial charge in [0.05, 0.1) is 6.61 Å². The van der Waals surface area contributed by atoms with Crippen LogP contribution in [0.2, 0.25) is 0 Å². The standard InChI is InChI=1S/C5H13NOS/c1-6(8-3)4-5-7-2/h4-5H2,1-3H3. The van der Waals surface area contributed by atoms with Crippen LogP contribution in [0.15, 0.2) is 0 Å². The van der Waals surface area contributed by atoms with Gasteiger partial charge < -0.3 is 4.74 Å². The Morgan fingerprint density at radius 1 is 1.62 bits per heavy atom. The molecule has 0 aromatic rings. The van der Waals surface area contributed by atoms with Crippen molar-refractivity contribution in [1.82, 2.24) is 4.31 Å². The number of methoxy groups -OCH3 is 1. The van der Waals surface area contributed by atoms with Gasteiger partial charge in [0.25, 0.3) is 0 Å². The molecule has 0 heterocycles. The van der Waals surface area contributed by atoms with E-state index < -0.39 is 0 Å². The highest BCUT2D eigenvalue weighted by atomic mass is 32.2. The maximum Gasteiger partial charge on any atom is 0.0598 e. The lowest BCUT2D eigenvalue weighted by molar-refractivity contribution is 0.188. The summed E-state index contributed by atoms with van der Waals surface area (Å²) in [6.45, 7) is 1.81. The summed E-state index contributed by atoms with van der Waals surface area (Å²) in [5, 5.41) is 0. The molecule has 8 heavy (non-hydrogen) atoms. The van der Waals surface area contributed by atoms with Gasteiger partial charge in [0.1, 0.15) is 0 Å². The molecule has 0 aliphatic carbocycles. The number of nitrogens with zero attached hydrogens (tertiary/aromatic N) is 1. The Balaban J connectivity index is 2.86. The van der Waals surface area contributed by atoms with Gasteiger partial charge in [0.15, 0.2) is 0 Å². The van der Waals surface area contributed by atoms with E-state index in [9.17, 15) is 0 Å². The Labute approximate surface area is 55.3 Å². The Bertz CT molecular complexity index is 51.7. The summed E-state index contributed by atoms with van der Waals surface area (Å²) in [4.78, 5) is 0. The first-order chi connectivity index (χ1) is 3.81. The molecule has 0 bridgehead atoms. The second-order valence-corrected chi connectivity index (χ2v) is 2.52. The number of likely N-dealkylation sites (N-methyl/N-ethyl adjacent to an activating group) is 1. The zero-order valence-electron chi connectivity index (χ0n) is 5.68. The van der Waals surface area contributed by atoms with Crippen molar-refractivity contribution < 1.29 is 4.74 Å². The van der Waals surface area contributed by atoms with E-state index in [1.807, 2.05) is 7.05 Å². The molecule has 2 nitrogen and oxygen atoms in total. The molecule has 0 aliphatic heterocycles. The van der Waals surface area contributed by atoms with Crippen LogP contribution in [0, 0.1) is 0 Å². The van der Waals surface area contributed by atoms with Gasteiger partial charge in [-0.1, -0.05) is 11.9 Å². The lowest BCUT2D eigenvalue weighted by atomic mass is 10.7. The Hall–Kier alpha value is 0.270. The fraction of sp³-hybridized carbons (Fsp3) is 1.00. The van der Waals surface area contributed by atoms with Gasteiger partial charge in [-0.15, -0.1) is 0 Å². The van der Waals surface area contributed by atoms with Crippen LogP contribution in [0.3, 0.4) is 0 Å². The summed E-state index contributed by atoms with van der Waals surface area (Å²) >= 11 is 1.72. The summed E-state index contributed by atoms with van der Waals surface area (Å²) in [7, 11) is 3.76. The maximum atomic E-state index is 4.86. The van der Waals surface area contributed by atoms with Crippen LogP contribution in [0.5, 0.6) is 0 Å². The smallest absolute Gasteiger partial charge is 0.0598 e. The van der Waals surface area contributed by atoms with Gasteiger partial charge in [-0.25, -0.2) is 0 Å². The van der Waals surface area contributed by atoms with E-state index >= 15 is 0 Å². The summed E-state index contributed by atoms with van der Waals surface area (Å²) in [6.07, 6.45) is 2.05. The predicted molar refractivity (Wildman–Crippen MR) is 38.0 cm³/mol. The first-order valence-electron chi connectivity index (χ1n) is 2.55. The van der Waals surface area contributed by atoms with Crippen molar-refractivity contribution >= 4 is 11.9 Å². The molecule has 0 aromatic heterocycles. The second kappa shape index (κ2) is 5.41. The Kier molecular flexibility index (Phi) is 5.59. The number of ether oxygens (including phenoxy) is 1. The van der Waals surface area contributed by atoms with Gasteiger partial charge >= 0.3 is 0 Å². The van der Waals surface area contributed by atoms with Crippen LogP contribution in [-0.2, 0) is 4.74 Å². The molecule has 0 rings (SSSR count). The van der Waals surface area contributed by atoms with Gasteiger partial charge in [-0.3, -0.25) is 4.31 Å². The minimum absolute atomic E-state index is 0.817. The summed E-state index contributed by atoms with van der Waals surface area (Å²) in [6, 6.07) is 0. The van der Waals surface area contributed by atoms with Crippen LogP contribution in [0.1, 0.15) is 0 Å². The molecule has 0 aliphatic rings. The van der Waals surface area contributed by atoms with Crippen LogP contribution in [0.25, 0.3) is 0 Å². The van der Waals surface area contributed by atoms with Crippen molar-refractivity contribution in [3.63, 3.8) is 0 Å². The highest BCUT2D eigenvalue weighted by molar-refractivity contribution is 7.96. The second-order valence-electron chi connectivity index (χ2n) is 1.53. The van der Waals surface area contributed by atoms with Crippen molar-refractivity contribution in [1.29, 1.82) is 0 Å². The molecule has 0 saturated heterocycles. The number of hydrogen-bond acceptors (Lipinski definition) is 3. The average Bonchev–Trinajstić information content (AvgIpc) is 1.83. The van der Waals surface area contributed by atoms with Gasteiger partial charge in [-0.05, 0) is 13.3 Å². The minimum atomic E-state index is 0.817. The van der Waals surface area contributed by atoms with Gasteiger partial charge in [0, 0.05) is 13.7 Å².